The van der Waals surface area contributed by atoms with Gasteiger partial charge in [-0.15, -0.1) is 0 Å². The second-order valence-corrected chi connectivity index (χ2v) is 10.7. The van der Waals surface area contributed by atoms with Crippen LogP contribution in [0.25, 0.3) is 12.2 Å². The Labute approximate surface area is 216 Å². The van der Waals surface area contributed by atoms with Crippen LogP contribution in [0.1, 0.15) is 35.1 Å². The molecule has 0 unspecified atom stereocenters. The van der Waals surface area contributed by atoms with E-state index in [0.717, 1.165) is 28.1 Å². The fraction of sp³-hybridized carbons (Fsp3) is 0.222. The molecule has 1 N–H and O–H groups in total. The Bertz CT molecular complexity index is 1500. The van der Waals surface area contributed by atoms with E-state index in [0.29, 0.717) is 17.2 Å². The molecule has 200 valence electrons. The SMILES string of the molecule is Cc1ccc(F)c(/C=C/c2ccc3c(c2)N(S(=O)(=O)c2cccc(C(F)(F)F)c2)C[C@H](CCC(=O)O)O3)c1. The number of carbonyl (C=O) groups is 1. The van der Waals surface area contributed by atoms with Gasteiger partial charge in [-0.1, -0.05) is 35.9 Å². The summed E-state index contributed by atoms with van der Waals surface area (Å²) in [5.41, 5.74) is 0.602. The van der Waals surface area contributed by atoms with E-state index in [1.165, 1.54) is 24.3 Å². The molecule has 1 aliphatic heterocycles. The monoisotopic (exact) mass is 549 g/mol. The zero-order valence-corrected chi connectivity index (χ0v) is 20.9. The lowest BCUT2D eigenvalue weighted by Gasteiger charge is -2.35. The molecule has 4 rings (SSSR count). The lowest BCUT2D eigenvalue weighted by molar-refractivity contribution is -0.138. The summed E-state index contributed by atoms with van der Waals surface area (Å²) < 4.78 is 88.0. The van der Waals surface area contributed by atoms with E-state index in [9.17, 15) is 30.8 Å². The summed E-state index contributed by atoms with van der Waals surface area (Å²) in [4.78, 5) is 10.5. The Morgan fingerprint density at radius 3 is 2.58 bits per heavy atom. The molecule has 0 fully saturated rings. The smallest absolute Gasteiger partial charge is 0.416 e. The van der Waals surface area contributed by atoms with Crippen LogP contribution >= 0.6 is 0 Å². The summed E-state index contributed by atoms with van der Waals surface area (Å²) in [5.74, 6) is -1.42. The third-order valence-corrected chi connectivity index (χ3v) is 7.73. The van der Waals surface area contributed by atoms with Gasteiger partial charge in [-0.2, -0.15) is 13.2 Å². The summed E-state index contributed by atoms with van der Waals surface area (Å²) in [6.07, 6.45) is -2.81. The van der Waals surface area contributed by atoms with Crippen LogP contribution in [0.4, 0.5) is 23.2 Å². The summed E-state index contributed by atoms with van der Waals surface area (Å²) in [6, 6.07) is 12.6. The van der Waals surface area contributed by atoms with Gasteiger partial charge in [0.1, 0.15) is 17.7 Å². The molecule has 0 aliphatic carbocycles. The molecule has 38 heavy (non-hydrogen) atoms. The average Bonchev–Trinajstić information content (AvgIpc) is 2.87. The number of alkyl halides is 3. The van der Waals surface area contributed by atoms with Crippen LogP contribution in [-0.2, 0) is 21.0 Å². The molecule has 11 heteroatoms. The first-order valence-corrected chi connectivity index (χ1v) is 13.0. The maximum atomic E-state index is 14.2. The molecular weight excluding hydrogens is 526 g/mol. The van der Waals surface area contributed by atoms with Crippen molar-refractivity contribution in [2.45, 2.75) is 36.9 Å². The lowest BCUT2D eigenvalue weighted by atomic mass is 10.1. The second-order valence-electron chi connectivity index (χ2n) is 8.82. The van der Waals surface area contributed by atoms with Crippen LogP contribution in [0.5, 0.6) is 5.75 Å². The van der Waals surface area contributed by atoms with Crippen LogP contribution in [0.2, 0.25) is 0 Å². The van der Waals surface area contributed by atoms with Crippen LogP contribution in [0.15, 0.2) is 65.6 Å². The number of benzene rings is 3. The van der Waals surface area contributed by atoms with Gasteiger partial charge in [0.05, 0.1) is 22.7 Å². The molecule has 0 aromatic heterocycles. The number of aryl methyl sites for hydroxylation is 1. The number of carboxylic acid groups (broad SMARTS) is 1. The normalized spacial score (nSPS) is 15.8. The van der Waals surface area contributed by atoms with Crippen molar-refractivity contribution in [1.29, 1.82) is 0 Å². The highest BCUT2D eigenvalue weighted by Crippen LogP contribution is 2.40. The highest BCUT2D eigenvalue weighted by Gasteiger charge is 2.37. The zero-order valence-electron chi connectivity index (χ0n) is 20.1. The Hall–Kier alpha value is -3.86. The predicted octanol–water partition coefficient (Wildman–Crippen LogP) is 6.14. The Kier molecular flexibility index (Phi) is 7.50. The van der Waals surface area contributed by atoms with E-state index in [1.54, 1.807) is 24.3 Å². The van der Waals surface area contributed by atoms with E-state index < -0.39 is 44.5 Å². The summed E-state index contributed by atoms with van der Waals surface area (Å²) >= 11 is 0. The average molecular weight is 550 g/mol. The van der Waals surface area contributed by atoms with E-state index in [4.69, 9.17) is 9.84 Å². The number of aliphatic carboxylic acids is 1. The number of nitrogens with zero attached hydrogens (tertiary/aromatic N) is 1. The van der Waals surface area contributed by atoms with Gasteiger partial charge in [0.2, 0.25) is 0 Å². The van der Waals surface area contributed by atoms with Crippen molar-refractivity contribution < 1.29 is 40.6 Å². The summed E-state index contributed by atoms with van der Waals surface area (Å²) in [6.45, 7) is 1.50. The van der Waals surface area contributed by atoms with E-state index in [2.05, 4.69) is 0 Å². The number of hydrogen-bond acceptors (Lipinski definition) is 4. The second kappa shape index (κ2) is 10.5. The minimum atomic E-state index is -4.75. The maximum absolute atomic E-state index is 14.2. The third-order valence-electron chi connectivity index (χ3n) is 5.95. The highest BCUT2D eigenvalue weighted by molar-refractivity contribution is 7.92. The molecule has 1 heterocycles. The molecule has 0 radical (unpaired) electrons. The van der Waals surface area contributed by atoms with E-state index in [1.807, 2.05) is 6.92 Å². The lowest BCUT2D eigenvalue weighted by Crippen LogP contribution is -2.43. The van der Waals surface area contributed by atoms with Gasteiger partial charge < -0.3 is 9.84 Å². The minimum Gasteiger partial charge on any atom is -0.486 e. The first kappa shape index (κ1) is 27.2. The van der Waals surface area contributed by atoms with Crippen molar-refractivity contribution in [3.05, 3.63) is 88.7 Å². The van der Waals surface area contributed by atoms with Gasteiger partial charge in [0.15, 0.2) is 0 Å². The molecule has 0 bridgehead atoms. The van der Waals surface area contributed by atoms with Gasteiger partial charge in [0.25, 0.3) is 10.0 Å². The molecule has 3 aromatic rings. The predicted molar refractivity (Wildman–Crippen MR) is 134 cm³/mol. The number of halogens is 4. The van der Waals surface area contributed by atoms with Gasteiger partial charge in [0, 0.05) is 12.0 Å². The Morgan fingerprint density at radius 1 is 1.11 bits per heavy atom. The molecule has 1 atom stereocenters. The number of hydrogen-bond donors (Lipinski definition) is 1. The van der Waals surface area contributed by atoms with Crippen molar-refractivity contribution in [3.63, 3.8) is 0 Å². The largest absolute Gasteiger partial charge is 0.486 e. The molecule has 0 amide bonds. The Morgan fingerprint density at radius 2 is 1.87 bits per heavy atom. The summed E-state index contributed by atoms with van der Waals surface area (Å²) in [7, 11) is -4.50. The van der Waals surface area contributed by atoms with Gasteiger partial charge in [-0.05, 0) is 61.4 Å². The first-order chi connectivity index (χ1) is 17.8. The van der Waals surface area contributed by atoms with Crippen molar-refractivity contribution in [2.24, 2.45) is 0 Å². The number of fused-ring (bicyclic) bond motifs is 1. The fourth-order valence-corrected chi connectivity index (χ4v) is 5.58. The minimum absolute atomic E-state index is 0.0162. The first-order valence-electron chi connectivity index (χ1n) is 11.5. The number of rotatable bonds is 7. The molecule has 1 aliphatic rings. The van der Waals surface area contributed by atoms with Crippen molar-refractivity contribution in [3.8, 4) is 5.75 Å². The molecule has 3 aromatic carbocycles. The fourth-order valence-electron chi connectivity index (χ4n) is 4.03. The van der Waals surface area contributed by atoms with Gasteiger partial charge >= 0.3 is 12.1 Å². The molecule has 0 saturated carbocycles. The van der Waals surface area contributed by atoms with E-state index in [-0.39, 0.29) is 30.8 Å². The van der Waals surface area contributed by atoms with Crippen molar-refractivity contribution in [1.82, 2.24) is 0 Å². The Balaban J connectivity index is 1.76. The maximum Gasteiger partial charge on any atom is 0.416 e. The van der Waals surface area contributed by atoms with Crippen molar-refractivity contribution in [2.75, 3.05) is 10.8 Å². The molecule has 6 nitrogen and oxygen atoms in total. The topological polar surface area (TPSA) is 83.9 Å². The standard InChI is InChI=1S/C27H23F4NO5S/c1-17-5-10-23(28)19(13-17)8-6-18-7-11-25-24(14-18)32(16-21(37-25)9-12-26(33)34)38(35,36)22-4-2-3-20(15-22)27(29,30)31/h2-8,10-11,13-15,21H,9,12,16H2,1H3,(H,33,34)/b8-6+/t21-/m0/s1. The van der Waals surface area contributed by atoms with Gasteiger partial charge in [-0.25, -0.2) is 12.8 Å². The molecular formula is C27H23F4NO5S. The third kappa shape index (κ3) is 5.99. The number of carboxylic acids is 1. The zero-order chi connectivity index (χ0) is 27.7. The quantitative estimate of drug-likeness (QED) is 0.283. The molecule has 0 saturated heterocycles. The van der Waals surface area contributed by atoms with Crippen molar-refractivity contribution >= 4 is 33.8 Å². The van der Waals surface area contributed by atoms with E-state index >= 15 is 0 Å². The molecule has 0 spiro atoms. The van der Waals surface area contributed by atoms with Crippen LogP contribution in [0.3, 0.4) is 0 Å². The number of sulfonamides is 1. The number of anilines is 1. The highest BCUT2D eigenvalue weighted by atomic mass is 32.2. The van der Waals surface area contributed by atoms with Gasteiger partial charge in [-0.3, -0.25) is 9.10 Å². The number of ether oxygens (including phenoxy) is 1. The van der Waals surface area contributed by atoms with Crippen LogP contribution in [-0.4, -0.2) is 32.1 Å². The summed E-state index contributed by atoms with van der Waals surface area (Å²) in [5, 5.41) is 9.05. The van der Waals surface area contributed by atoms with Crippen LogP contribution < -0.4 is 9.04 Å². The van der Waals surface area contributed by atoms with Crippen LogP contribution in [0, 0.1) is 12.7 Å².